The highest BCUT2D eigenvalue weighted by Crippen LogP contribution is 2.28. The van der Waals surface area contributed by atoms with Crippen molar-refractivity contribution in [2.45, 2.75) is 25.7 Å². The summed E-state index contributed by atoms with van der Waals surface area (Å²) in [7, 11) is -2.31. The monoisotopic (exact) mass is 508 g/mol. The molecule has 35 heavy (non-hydrogen) atoms. The maximum Gasteiger partial charge on any atom is 0.262 e. The summed E-state index contributed by atoms with van der Waals surface area (Å²) in [5.74, 6) is 0.244. The molecular formula is C25H24N4O4S2. The number of sulfonamides is 1. The summed E-state index contributed by atoms with van der Waals surface area (Å²) in [4.78, 5) is 12.9. The number of amides is 1. The number of anilines is 2. The number of hydrogen-bond acceptors (Lipinski definition) is 7. The maximum atomic E-state index is 13.1. The molecule has 0 aliphatic heterocycles. The maximum absolute atomic E-state index is 13.1. The highest BCUT2D eigenvalue weighted by Gasteiger charge is 2.20. The number of ether oxygens (including phenoxy) is 1. The molecule has 0 bridgehead atoms. The van der Waals surface area contributed by atoms with Crippen molar-refractivity contribution in [3.8, 4) is 16.3 Å². The SMILES string of the molecule is COc1ccc(-c2nnc(NC(=O)c3ccc(C)c(S(=O)(=O)Nc4ccc(C)c(C)c4)c3)s2)cc1. The normalized spacial score (nSPS) is 11.2. The van der Waals surface area contributed by atoms with Crippen LogP contribution in [0.15, 0.2) is 65.6 Å². The van der Waals surface area contributed by atoms with Crippen molar-refractivity contribution in [1.82, 2.24) is 10.2 Å². The molecule has 4 rings (SSSR count). The zero-order valence-corrected chi connectivity index (χ0v) is 21.3. The summed E-state index contributed by atoms with van der Waals surface area (Å²) in [5, 5.41) is 11.8. The first kappa shape index (κ1) is 24.4. The summed E-state index contributed by atoms with van der Waals surface area (Å²) in [6, 6.07) is 17.2. The van der Waals surface area contributed by atoms with Crippen molar-refractivity contribution in [3.63, 3.8) is 0 Å². The van der Waals surface area contributed by atoms with E-state index in [4.69, 9.17) is 4.74 Å². The molecule has 0 radical (unpaired) electrons. The minimum absolute atomic E-state index is 0.0274. The van der Waals surface area contributed by atoms with Gasteiger partial charge in [-0.05, 0) is 86.0 Å². The molecule has 0 atom stereocenters. The summed E-state index contributed by atoms with van der Waals surface area (Å²) < 4.78 is 33.9. The number of aromatic nitrogens is 2. The van der Waals surface area contributed by atoms with Crippen LogP contribution in [0.4, 0.5) is 10.8 Å². The minimum Gasteiger partial charge on any atom is -0.497 e. The van der Waals surface area contributed by atoms with Crippen LogP contribution in [0.2, 0.25) is 0 Å². The Hall–Kier alpha value is -3.76. The van der Waals surface area contributed by atoms with Crippen LogP contribution >= 0.6 is 11.3 Å². The molecule has 0 saturated carbocycles. The van der Waals surface area contributed by atoms with Crippen molar-refractivity contribution in [2.24, 2.45) is 0 Å². The Morgan fingerprint density at radius 3 is 2.29 bits per heavy atom. The van der Waals surface area contributed by atoms with Gasteiger partial charge < -0.3 is 4.74 Å². The number of hydrogen-bond donors (Lipinski definition) is 2. The molecule has 0 aliphatic rings. The summed E-state index contributed by atoms with van der Waals surface area (Å²) in [5.41, 5.74) is 4.05. The second kappa shape index (κ2) is 9.85. The van der Waals surface area contributed by atoms with Crippen LogP contribution in [0, 0.1) is 20.8 Å². The lowest BCUT2D eigenvalue weighted by Gasteiger charge is -2.13. The molecule has 10 heteroatoms. The summed E-state index contributed by atoms with van der Waals surface area (Å²) in [6.45, 7) is 5.55. The topological polar surface area (TPSA) is 110 Å². The third-order valence-electron chi connectivity index (χ3n) is 5.48. The smallest absolute Gasteiger partial charge is 0.262 e. The number of carbonyl (C=O) groups excluding carboxylic acids is 1. The van der Waals surface area contributed by atoms with E-state index in [9.17, 15) is 13.2 Å². The van der Waals surface area contributed by atoms with Crippen LogP contribution < -0.4 is 14.8 Å². The lowest BCUT2D eigenvalue weighted by molar-refractivity contribution is 0.102. The molecule has 0 fully saturated rings. The molecule has 1 aromatic heterocycles. The number of benzene rings is 3. The van der Waals surface area contributed by atoms with Gasteiger partial charge in [0.05, 0.1) is 12.0 Å². The third kappa shape index (κ3) is 5.50. The van der Waals surface area contributed by atoms with E-state index in [1.165, 1.54) is 17.4 Å². The Bertz CT molecular complexity index is 1500. The molecule has 8 nitrogen and oxygen atoms in total. The van der Waals surface area contributed by atoms with E-state index in [2.05, 4.69) is 20.2 Å². The molecule has 1 amide bonds. The first-order valence-electron chi connectivity index (χ1n) is 10.7. The Kier molecular flexibility index (Phi) is 6.86. The fraction of sp³-hybridized carbons (Fsp3) is 0.160. The number of nitrogens with one attached hydrogen (secondary N) is 2. The standard InChI is InChI=1S/C25H24N4O4S2/c1-15-6-10-20(13-17(15)3)29-35(31,32)22-14-19(7-5-16(22)2)23(30)26-25-28-27-24(34-25)18-8-11-21(33-4)12-9-18/h5-14,29H,1-4H3,(H,26,28,30). The number of methoxy groups -OCH3 is 1. The Balaban J connectivity index is 1.53. The van der Waals surface area contributed by atoms with E-state index in [0.717, 1.165) is 22.4 Å². The largest absolute Gasteiger partial charge is 0.497 e. The van der Waals surface area contributed by atoms with Gasteiger partial charge in [0.25, 0.3) is 15.9 Å². The van der Waals surface area contributed by atoms with Gasteiger partial charge in [0.1, 0.15) is 10.8 Å². The second-order valence-electron chi connectivity index (χ2n) is 7.98. The first-order valence-corrected chi connectivity index (χ1v) is 13.0. The van der Waals surface area contributed by atoms with Crippen LogP contribution in [0.25, 0.3) is 10.6 Å². The molecule has 0 unspecified atom stereocenters. The van der Waals surface area contributed by atoms with Crippen molar-refractivity contribution in [1.29, 1.82) is 0 Å². The van der Waals surface area contributed by atoms with Gasteiger partial charge in [0.15, 0.2) is 0 Å². The van der Waals surface area contributed by atoms with Crippen LogP contribution in [-0.4, -0.2) is 31.6 Å². The minimum atomic E-state index is -3.91. The fourth-order valence-electron chi connectivity index (χ4n) is 3.34. The summed E-state index contributed by atoms with van der Waals surface area (Å²) in [6.07, 6.45) is 0. The molecule has 3 aromatic carbocycles. The first-order chi connectivity index (χ1) is 16.7. The van der Waals surface area contributed by atoms with Gasteiger partial charge in [-0.15, -0.1) is 10.2 Å². The highest BCUT2D eigenvalue weighted by molar-refractivity contribution is 7.92. The van der Waals surface area contributed by atoms with Crippen LogP contribution in [0.5, 0.6) is 5.75 Å². The van der Waals surface area contributed by atoms with E-state index in [-0.39, 0.29) is 10.5 Å². The number of aryl methyl sites for hydroxylation is 3. The van der Waals surface area contributed by atoms with Gasteiger partial charge in [-0.2, -0.15) is 0 Å². The van der Waals surface area contributed by atoms with Crippen LogP contribution in [0.1, 0.15) is 27.0 Å². The molecule has 2 N–H and O–H groups in total. The molecular weight excluding hydrogens is 484 g/mol. The van der Waals surface area contributed by atoms with E-state index < -0.39 is 15.9 Å². The molecule has 0 aliphatic carbocycles. The quantitative estimate of drug-likeness (QED) is 0.355. The van der Waals surface area contributed by atoms with Gasteiger partial charge >= 0.3 is 0 Å². The molecule has 1 heterocycles. The van der Waals surface area contributed by atoms with Gasteiger partial charge in [-0.25, -0.2) is 8.42 Å². The Morgan fingerprint density at radius 1 is 0.886 bits per heavy atom. The van der Waals surface area contributed by atoms with Crippen molar-refractivity contribution in [3.05, 3.63) is 82.9 Å². The lowest BCUT2D eigenvalue weighted by atomic mass is 10.1. The Labute approximate surface area is 208 Å². The highest BCUT2D eigenvalue weighted by atomic mass is 32.2. The van der Waals surface area contributed by atoms with E-state index in [1.54, 1.807) is 38.3 Å². The second-order valence-corrected chi connectivity index (χ2v) is 10.6. The van der Waals surface area contributed by atoms with Crippen LogP contribution in [0.3, 0.4) is 0 Å². The van der Waals surface area contributed by atoms with Gasteiger partial charge in [-0.1, -0.05) is 23.5 Å². The number of nitrogens with zero attached hydrogens (tertiary/aromatic N) is 2. The molecule has 180 valence electrons. The van der Waals surface area contributed by atoms with Crippen molar-refractivity contribution < 1.29 is 17.9 Å². The van der Waals surface area contributed by atoms with E-state index in [0.29, 0.717) is 21.4 Å². The summed E-state index contributed by atoms with van der Waals surface area (Å²) >= 11 is 1.21. The zero-order chi connectivity index (χ0) is 25.2. The van der Waals surface area contributed by atoms with Crippen LogP contribution in [-0.2, 0) is 10.0 Å². The average molecular weight is 509 g/mol. The van der Waals surface area contributed by atoms with Gasteiger partial charge in [0, 0.05) is 16.8 Å². The predicted molar refractivity (Wildman–Crippen MR) is 138 cm³/mol. The number of carbonyl (C=O) groups is 1. The fourth-order valence-corrected chi connectivity index (χ4v) is 5.40. The van der Waals surface area contributed by atoms with E-state index in [1.807, 2.05) is 44.2 Å². The van der Waals surface area contributed by atoms with Crippen molar-refractivity contribution >= 4 is 38.1 Å². The number of rotatable bonds is 7. The lowest BCUT2D eigenvalue weighted by Crippen LogP contribution is -2.17. The van der Waals surface area contributed by atoms with Crippen molar-refractivity contribution in [2.75, 3.05) is 17.1 Å². The molecule has 0 spiro atoms. The van der Waals surface area contributed by atoms with Gasteiger partial charge in [-0.3, -0.25) is 14.8 Å². The average Bonchev–Trinajstić information content (AvgIpc) is 3.30. The molecule has 4 aromatic rings. The van der Waals surface area contributed by atoms with Gasteiger partial charge in [0.2, 0.25) is 5.13 Å². The third-order valence-corrected chi connectivity index (χ3v) is 7.89. The molecule has 0 saturated heterocycles. The predicted octanol–water partition coefficient (Wildman–Crippen LogP) is 5.19. The zero-order valence-electron chi connectivity index (χ0n) is 19.6. The van der Waals surface area contributed by atoms with E-state index >= 15 is 0 Å². The Morgan fingerprint density at radius 2 is 1.60 bits per heavy atom.